The molecule has 6 heteroatoms. The van der Waals surface area contributed by atoms with Crippen LogP contribution in [0.2, 0.25) is 0 Å². The van der Waals surface area contributed by atoms with E-state index in [1.54, 1.807) is 0 Å². The van der Waals surface area contributed by atoms with Crippen molar-refractivity contribution in [2.75, 3.05) is 46.2 Å². The first-order valence-corrected chi connectivity index (χ1v) is 21.9. The minimum Gasteiger partial charge on any atom is -0.462 e. The SMILES string of the molecule is CCCCCCCCCOCOCCCCCCN(CCO)CCCCCCCC(=O)OC(CCCCCCCC)CCCCCCCC. The van der Waals surface area contributed by atoms with Crippen LogP contribution in [0.15, 0.2) is 0 Å². The van der Waals surface area contributed by atoms with Crippen molar-refractivity contribution < 1.29 is 24.1 Å². The summed E-state index contributed by atoms with van der Waals surface area (Å²) in [7, 11) is 0. The summed E-state index contributed by atoms with van der Waals surface area (Å²) in [5.41, 5.74) is 0. The van der Waals surface area contributed by atoms with Gasteiger partial charge in [0.15, 0.2) is 0 Å². The first kappa shape index (κ1) is 48.3. The molecular formula is C43H87NO5. The standard InChI is InChI=1S/C43H87NO5/c1-4-7-10-13-16-23-30-39-47-41-48-40-31-24-22-29-36-44(37-38-45)35-28-21-17-20-27-34-43(46)49-42(32-25-18-14-11-8-5-2)33-26-19-15-12-9-6-3/h42,45H,4-41H2,1-3H3. The highest BCUT2D eigenvalue weighted by molar-refractivity contribution is 5.69. The number of hydrogen-bond acceptors (Lipinski definition) is 6. The molecule has 0 aliphatic rings. The average Bonchev–Trinajstić information content (AvgIpc) is 3.10. The molecule has 0 aromatic carbocycles. The highest BCUT2D eigenvalue weighted by atomic mass is 16.7. The van der Waals surface area contributed by atoms with E-state index in [-0.39, 0.29) is 18.7 Å². The van der Waals surface area contributed by atoms with Crippen LogP contribution >= 0.6 is 0 Å². The van der Waals surface area contributed by atoms with Crippen LogP contribution in [0.5, 0.6) is 0 Å². The molecule has 0 atom stereocenters. The van der Waals surface area contributed by atoms with E-state index >= 15 is 0 Å². The summed E-state index contributed by atoms with van der Waals surface area (Å²) in [6, 6.07) is 0. The highest BCUT2D eigenvalue weighted by Gasteiger charge is 2.14. The monoisotopic (exact) mass is 698 g/mol. The van der Waals surface area contributed by atoms with Gasteiger partial charge in [-0.05, 0) is 70.9 Å². The Kier molecular flexibility index (Phi) is 41.1. The van der Waals surface area contributed by atoms with Gasteiger partial charge in [-0.1, -0.05) is 156 Å². The van der Waals surface area contributed by atoms with Crippen molar-refractivity contribution in [3.8, 4) is 0 Å². The molecule has 0 fully saturated rings. The van der Waals surface area contributed by atoms with Gasteiger partial charge in [-0.3, -0.25) is 4.79 Å². The van der Waals surface area contributed by atoms with Gasteiger partial charge in [0.2, 0.25) is 0 Å². The van der Waals surface area contributed by atoms with Crippen molar-refractivity contribution in [3.63, 3.8) is 0 Å². The molecule has 0 saturated carbocycles. The van der Waals surface area contributed by atoms with Crippen LogP contribution in [-0.4, -0.2) is 68.3 Å². The first-order valence-electron chi connectivity index (χ1n) is 21.9. The minimum absolute atomic E-state index is 0.0229. The molecule has 6 nitrogen and oxygen atoms in total. The summed E-state index contributed by atoms with van der Waals surface area (Å²) in [5, 5.41) is 9.53. The number of ether oxygens (including phenoxy) is 3. The Morgan fingerprint density at radius 2 is 0.878 bits per heavy atom. The molecule has 0 saturated heterocycles. The largest absolute Gasteiger partial charge is 0.462 e. The van der Waals surface area contributed by atoms with E-state index in [1.807, 2.05) is 0 Å². The van der Waals surface area contributed by atoms with E-state index in [4.69, 9.17) is 14.2 Å². The highest BCUT2D eigenvalue weighted by Crippen LogP contribution is 2.18. The Labute approximate surface area is 306 Å². The van der Waals surface area contributed by atoms with Crippen molar-refractivity contribution in [2.24, 2.45) is 0 Å². The van der Waals surface area contributed by atoms with Gasteiger partial charge in [0.1, 0.15) is 12.9 Å². The Hall–Kier alpha value is -0.690. The van der Waals surface area contributed by atoms with E-state index in [2.05, 4.69) is 25.7 Å². The van der Waals surface area contributed by atoms with Gasteiger partial charge in [0, 0.05) is 26.2 Å². The molecular weight excluding hydrogens is 610 g/mol. The molecule has 294 valence electrons. The lowest BCUT2D eigenvalue weighted by Crippen LogP contribution is -2.29. The number of nitrogens with zero attached hydrogens (tertiary/aromatic N) is 1. The molecule has 0 amide bonds. The normalized spacial score (nSPS) is 11.7. The van der Waals surface area contributed by atoms with Gasteiger partial charge in [-0.15, -0.1) is 0 Å². The van der Waals surface area contributed by atoms with Crippen LogP contribution < -0.4 is 0 Å². The van der Waals surface area contributed by atoms with Crippen molar-refractivity contribution in [2.45, 2.75) is 226 Å². The molecule has 0 aromatic rings. The molecule has 0 unspecified atom stereocenters. The van der Waals surface area contributed by atoms with Crippen LogP contribution in [0.3, 0.4) is 0 Å². The fourth-order valence-electron chi connectivity index (χ4n) is 6.65. The number of unbranched alkanes of at least 4 members (excludes halogenated alkanes) is 23. The van der Waals surface area contributed by atoms with Crippen LogP contribution in [0, 0.1) is 0 Å². The minimum atomic E-state index is 0.0229. The van der Waals surface area contributed by atoms with E-state index < -0.39 is 0 Å². The molecule has 0 radical (unpaired) electrons. The molecule has 49 heavy (non-hydrogen) atoms. The third kappa shape index (κ3) is 38.4. The van der Waals surface area contributed by atoms with Crippen molar-refractivity contribution >= 4 is 5.97 Å². The predicted octanol–water partition coefficient (Wildman–Crippen LogP) is 12.3. The lowest BCUT2D eigenvalue weighted by molar-refractivity contribution is -0.150. The second-order valence-electron chi connectivity index (χ2n) is 14.8. The van der Waals surface area contributed by atoms with Gasteiger partial charge in [0.25, 0.3) is 0 Å². The number of aliphatic hydroxyl groups is 1. The summed E-state index contributed by atoms with van der Waals surface area (Å²) in [4.78, 5) is 15.1. The second kappa shape index (κ2) is 41.7. The summed E-state index contributed by atoms with van der Waals surface area (Å²) < 4.78 is 17.3. The maximum Gasteiger partial charge on any atom is 0.306 e. The number of rotatable bonds is 42. The second-order valence-corrected chi connectivity index (χ2v) is 14.8. The molecule has 0 aliphatic carbocycles. The van der Waals surface area contributed by atoms with Crippen LogP contribution in [-0.2, 0) is 19.0 Å². The first-order chi connectivity index (χ1) is 24.2. The maximum atomic E-state index is 12.7. The summed E-state index contributed by atoms with van der Waals surface area (Å²) in [6.07, 6.45) is 37.6. The third-order valence-electron chi connectivity index (χ3n) is 9.90. The summed E-state index contributed by atoms with van der Waals surface area (Å²) in [5.74, 6) is 0.0229. The Balaban J connectivity index is 3.87. The van der Waals surface area contributed by atoms with Gasteiger partial charge >= 0.3 is 5.97 Å². The van der Waals surface area contributed by atoms with Crippen LogP contribution in [0.25, 0.3) is 0 Å². The topological polar surface area (TPSA) is 68.2 Å². The van der Waals surface area contributed by atoms with Crippen molar-refractivity contribution in [3.05, 3.63) is 0 Å². The Morgan fingerprint density at radius 1 is 0.490 bits per heavy atom. The molecule has 1 N–H and O–H groups in total. The maximum absolute atomic E-state index is 12.7. The molecule has 0 bridgehead atoms. The van der Waals surface area contributed by atoms with Gasteiger partial charge in [-0.25, -0.2) is 0 Å². The molecule has 0 rings (SSSR count). The zero-order chi connectivity index (χ0) is 35.7. The van der Waals surface area contributed by atoms with Crippen LogP contribution in [0.4, 0.5) is 0 Å². The molecule has 0 heterocycles. The van der Waals surface area contributed by atoms with Gasteiger partial charge in [-0.2, -0.15) is 0 Å². The number of carbonyl (C=O) groups is 1. The fraction of sp³-hybridized carbons (Fsp3) is 0.977. The number of hydrogen-bond donors (Lipinski definition) is 1. The number of carbonyl (C=O) groups excluding carboxylic acids is 1. The van der Waals surface area contributed by atoms with E-state index in [9.17, 15) is 9.90 Å². The zero-order valence-corrected chi connectivity index (χ0v) is 33.5. The molecule has 0 aliphatic heterocycles. The lowest BCUT2D eigenvalue weighted by atomic mass is 10.0. The zero-order valence-electron chi connectivity index (χ0n) is 33.5. The van der Waals surface area contributed by atoms with Gasteiger partial charge in [0.05, 0.1) is 6.61 Å². The van der Waals surface area contributed by atoms with E-state index in [0.29, 0.717) is 13.2 Å². The molecule has 0 spiro atoms. The Morgan fingerprint density at radius 3 is 1.33 bits per heavy atom. The Bertz CT molecular complexity index is 617. The van der Waals surface area contributed by atoms with E-state index in [0.717, 1.165) is 77.8 Å². The van der Waals surface area contributed by atoms with E-state index in [1.165, 1.54) is 148 Å². The third-order valence-corrected chi connectivity index (χ3v) is 9.90. The van der Waals surface area contributed by atoms with Crippen LogP contribution in [0.1, 0.15) is 220 Å². The number of aliphatic hydroxyl groups excluding tert-OH is 1. The smallest absolute Gasteiger partial charge is 0.306 e. The van der Waals surface area contributed by atoms with Gasteiger partial charge < -0.3 is 24.2 Å². The summed E-state index contributed by atoms with van der Waals surface area (Å²) in [6.45, 7) is 11.9. The fourth-order valence-corrected chi connectivity index (χ4v) is 6.65. The average molecular weight is 698 g/mol. The molecule has 0 aromatic heterocycles. The lowest BCUT2D eigenvalue weighted by Gasteiger charge is -2.21. The predicted molar refractivity (Wildman–Crippen MR) is 210 cm³/mol. The summed E-state index contributed by atoms with van der Waals surface area (Å²) >= 11 is 0. The van der Waals surface area contributed by atoms with Crippen molar-refractivity contribution in [1.82, 2.24) is 4.90 Å². The quantitative estimate of drug-likeness (QED) is 0.0389. The van der Waals surface area contributed by atoms with Crippen molar-refractivity contribution in [1.29, 1.82) is 0 Å². The number of esters is 1.